The molecule has 2 atom stereocenters. The molecule has 122 valence electrons. The number of amides is 1. The zero-order valence-corrected chi connectivity index (χ0v) is 13.1. The standard InChI is InChI=1S/C16H15F2NO3S/c1-22-14-4-5-23-15(14)16(21)19-8-10(20)7-13(19)11-6-9(17)2-3-12(11)18/h2-6,10,13,20H,7-8H2,1H3/t10-,13-/m1/s1. The summed E-state index contributed by atoms with van der Waals surface area (Å²) in [6, 6.07) is 4.09. The lowest BCUT2D eigenvalue weighted by atomic mass is 10.0. The van der Waals surface area contributed by atoms with Gasteiger partial charge in [0.25, 0.3) is 5.91 Å². The van der Waals surface area contributed by atoms with E-state index in [4.69, 9.17) is 4.74 Å². The quantitative estimate of drug-likeness (QED) is 0.935. The molecule has 1 fully saturated rings. The fraction of sp³-hybridized carbons (Fsp3) is 0.312. The topological polar surface area (TPSA) is 49.8 Å². The Hall–Kier alpha value is -1.99. The molecule has 7 heteroatoms. The second-order valence-electron chi connectivity index (χ2n) is 5.35. The minimum atomic E-state index is -0.780. The van der Waals surface area contributed by atoms with Crippen molar-refractivity contribution in [3.05, 3.63) is 51.7 Å². The van der Waals surface area contributed by atoms with Crippen LogP contribution in [0.5, 0.6) is 5.75 Å². The number of hydrogen-bond acceptors (Lipinski definition) is 4. The van der Waals surface area contributed by atoms with E-state index in [-0.39, 0.29) is 24.4 Å². The predicted octanol–water partition coefficient (Wildman–Crippen LogP) is 2.98. The molecule has 1 aliphatic heterocycles. The van der Waals surface area contributed by atoms with Gasteiger partial charge in [-0.1, -0.05) is 0 Å². The van der Waals surface area contributed by atoms with Gasteiger partial charge in [0, 0.05) is 12.1 Å². The Morgan fingerprint density at radius 1 is 1.39 bits per heavy atom. The molecular formula is C16H15F2NO3S. The van der Waals surface area contributed by atoms with E-state index in [2.05, 4.69) is 0 Å². The molecule has 1 aromatic heterocycles. The van der Waals surface area contributed by atoms with Gasteiger partial charge in [0.05, 0.1) is 19.3 Å². The maximum atomic E-state index is 14.1. The molecule has 0 aliphatic carbocycles. The Kier molecular flexibility index (Phi) is 4.32. The lowest BCUT2D eigenvalue weighted by Crippen LogP contribution is -2.31. The van der Waals surface area contributed by atoms with Crippen LogP contribution in [-0.2, 0) is 0 Å². The minimum absolute atomic E-state index is 0.0699. The maximum absolute atomic E-state index is 14.1. The van der Waals surface area contributed by atoms with Gasteiger partial charge in [0.2, 0.25) is 0 Å². The highest BCUT2D eigenvalue weighted by molar-refractivity contribution is 7.12. The normalized spacial score (nSPS) is 20.8. The van der Waals surface area contributed by atoms with Crippen molar-refractivity contribution in [1.82, 2.24) is 4.90 Å². The average Bonchev–Trinajstić information content (AvgIpc) is 3.15. The number of thiophene rings is 1. The van der Waals surface area contributed by atoms with Crippen molar-refractivity contribution in [3.63, 3.8) is 0 Å². The van der Waals surface area contributed by atoms with Crippen LogP contribution < -0.4 is 4.74 Å². The van der Waals surface area contributed by atoms with Gasteiger partial charge in [-0.2, -0.15) is 0 Å². The third-order valence-corrected chi connectivity index (χ3v) is 4.78. The van der Waals surface area contributed by atoms with Crippen LogP contribution in [0.25, 0.3) is 0 Å². The molecule has 0 radical (unpaired) electrons. The first-order chi connectivity index (χ1) is 11.0. The van der Waals surface area contributed by atoms with Crippen LogP contribution >= 0.6 is 11.3 Å². The number of carbonyl (C=O) groups is 1. The second kappa shape index (κ2) is 6.25. The fourth-order valence-electron chi connectivity index (χ4n) is 2.85. The Balaban J connectivity index is 1.97. The molecule has 0 spiro atoms. The summed E-state index contributed by atoms with van der Waals surface area (Å²) in [6.45, 7) is 0.0699. The zero-order valence-electron chi connectivity index (χ0n) is 12.3. The number of carbonyl (C=O) groups excluding carboxylic acids is 1. The van der Waals surface area contributed by atoms with Crippen LogP contribution in [0, 0.1) is 11.6 Å². The smallest absolute Gasteiger partial charge is 0.268 e. The second-order valence-corrected chi connectivity index (χ2v) is 6.26. The molecule has 1 amide bonds. The first-order valence-corrected chi connectivity index (χ1v) is 7.94. The lowest BCUT2D eigenvalue weighted by Gasteiger charge is -2.25. The van der Waals surface area contributed by atoms with Crippen LogP contribution in [0.1, 0.15) is 27.7 Å². The van der Waals surface area contributed by atoms with E-state index < -0.39 is 23.8 Å². The largest absolute Gasteiger partial charge is 0.495 e. The van der Waals surface area contributed by atoms with Crippen molar-refractivity contribution in [1.29, 1.82) is 0 Å². The van der Waals surface area contributed by atoms with E-state index in [1.54, 1.807) is 11.4 Å². The summed E-state index contributed by atoms with van der Waals surface area (Å²) in [7, 11) is 1.46. The molecule has 2 heterocycles. The molecule has 0 unspecified atom stereocenters. The number of aliphatic hydroxyl groups excluding tert-OH is 1. The number of ether oxygens (including phenoxy) is 1. The SMILES string of the molecule is COc1ccsc1C(=O)N1C[C@H](O)C[C@@H]1c1cc(F)ccc1F. The van der Waals surface area contributed by atoms with Crippen molar-refractivity contribution < 1.29 is 23.4 Å². The summed E-state index contributed by atoms with van der Waals surface area (Å²) >= 11 is 1.21. The monoisotopic (exact) mass is 339 g/mol. The van der Waals surface area contributed by atoms with Crippen molar-refractivity contribution in [2.75, 3.05) is 13.7 Å². The molecule has 1 saturated heterocycles. The Labute approximate surface area is 135 Å². The van der Waals surface area contributed by atoms with Crippen molar-refractivity contribution in [2.45, 2.75) is 18.6 Å². The Bertz CT molecular complexity index is 734. The number of benzene rings is 1. The zero-order chi connectivity index (χ0) is 16.6. The highest BCUT2D eigenvalue weighted by atomic mass is 32.1. The molecule has 1 aliphatic rings. The Morgan fingerprint density at radius 2 is 2.17 bits per heavy atom. The summed E-state index contributed by atoms with van der Waals surface area (Å²) in [5.74, 6) is -1.10. The van der Waals surface area contributed by atoms with Crippen molar-refractivity contribution in [2.24, 2.45) is 0 Å². The molecule has 2 aromatic rings. The van der Waals surface area contributed by atoms with Gasteiger partial charge in [0.1, 0.15) is 22.3 Å². The molecule has 23 heavy (non-hydrogen) atoms. The van der Waals surface area contributed by atoms with E-state index in [9.17, 15) is 18.7 Å². The predicted molar refractivity (Wildman–Crippen MR) is 81.6 cm³/mol. The molecule has 1 aromatic carbocycles. The van der Waals surface area contributed by atoms with Gasteiger partial charge in [-0.3, -0.25) is 4.79 Å². The van der Waals surface area contributed by atoms with Crippen LogP contribution in [0.3, 0.4) is 0 Å². The highest BCUT2D eigenvalue weighted by Gasteiger charge is 2.38. The van der Waals surface area contributed by atoms with Crippen molar-refractivity contribution >= 4 is 17.2 Å². The summed E-state index contributed by atoms with van der Waals surface area (Å²) in [6.07, 6.45) is -0.614. The first kappa shape index (κ1) is 15.9. The lowest BCUT2D eigenvalue weighted by molar-refractivity contribution is 0.0715. The molecule has 0 bridgehead atoms. The van der Waals surface area contributed by atoms with Crippen LogP contribution in [0.15, 0.2) is 29.6 Å². The van der Waals surface area contributed by atoms with E-state index >= 15 is 0 Å². The number of halogens is 2. The van der Waals surface area contributed by atoms with E-state index in [1.165, 1.54) is 23.3 Å². The van der Waals surface area contributed by atoms with Gasteiger partial charge < -0.3 is 14.7 Å². The fourth-order valence-corrected chi connectivity index (χ4v) is 3.66. The van der Waals surface area contributed by atoms with Gasteiger partial charge in [-0.25, -0.2) is 8.78 Å². The Morgan fingerprint density at radius 3 is 2.91 bits per heavy atom. The molecule has 4 nitrogen and oxygen atoms in total. The highest BCUT2D eigenvalue weighted by Crippen LogP contribution is 2.37. The number of likely N-dealkylation sites (tertiary alicyclic amines) is 1. The molecule has 3 rings (SSSR count). The number of nitrogens with zero attached hydrogens (tertiary/aromatic N) is 1. The third-order valence-electron chi connectivity index (χ3n) is 3.90. The summed E-state index contributed by atoms with van der Waals surface area (Å²) in [5.41, 5.74) is 0.0745. The number of rotatable bonds is 3. The number of aliphatic hydroxyl groups is 1. The minimum Gasteiger partial charge on any atom is -0.495 e. The van der Waals surface area contributed by atoms with E-state index in [0.29, 0.717) is 10.6 Å². The number of methoxy groups -OCH3 is 1. The molecule has 0 saturated carbocycles. The van der Waals surface area contributed by atoms with Gasteiger partial charge in [0.15, 0.2) is 0 Å². The van der Waals surface area contributed by atoms with Crippen LogP contribution in [0.4, 0.5) is 8.78 Å². The summed E-state index contributed by atoms with van der Waals surface area (Å²) in [5, 5.41) is 11.6. The van der Waals surface area contributed by atoms with Gasteiger partial charge in [-0.05, 0) is 36.1 Å². The third kappa shape index (κ3) is 2.94. The maximum Gasteiger partial charge on any atom is 0.268 e. The van der Waals surface area contributed by atoms with Crippen LogP contribution in [-0.4, -0.2) is 35.7 Å². The summed E-state index contributed by atoms with van der Waals surface area (Å²) in [4.78, 5) is 14.5. The molecular weight excluding hydrogens is 324 g/mol. The first-order valence-electron chi connectivity index (χ1n) is 7.06. The van der Waals surface area contributed by atoms with Gasteiger partial charge >= 0.3 is 0 Å². The van der Waals surface area contributed by atoms with Crippen LogP contribution in [0.2, 0.25) is 0 Å². The number of hydrogen-bond donors (Lipinski definition) is 1. The van der Waals surface area contributed by atoms with E-state index in [1.807, 2.05) is 0 Å². The van der Waals surface area contributed by atoms with Crippen molar-refractivity contribution in [3.8, 4) is 5.75 Å². The molecule has 1 N–H and O–H groups in total. The number of β-amino-alcohol motifs (C(OH)–C–C–N with tert-alkyl or cyclic N) is 1. The average molecular weight is 339 g/mol. The van der Waals surface area contributed by atoms with Gasteiger partial charge in [-0.15, -0.1) is 11.3 Å². The summed E-state index contributed by atoms with van der Waals surface area (Å²) < 4.78 is 32.7. The van der Waals surface area contributed by atoms with E-state index in [0.717, 1.165) is 18.2 Å².